The first kappa shape index (κ1) is 39.2. The number of carbonyl (C=O) groups excluding carboxylic acids is 1. The first-order chi connectivity index (χ1) is 26.1. The van der Waals surface area contributed by atoms with E-state index in [1.165, 1.54) is 12.1 Å². The highest BCUT2D eigenvalue weighted by Gasteiger charge is 2.38. The van der Waals surface area contributed by atoms with Gasteiger partial charge in [0, 0.05) is 28.7 Å². The third kappa shape index (κ3) is 9.97. The van der Waals surface area contributed by atoms with Gasteiger partial charge in [-0.25, -0.2) is 8.42 Å². The highest BCUT2D eigenvalue weighted by atomic mass is 32.2. The Balaban J connectivity index is 1.16. The van der Waals surface area contributed by atoms with Gasteiger partial charge in [-0.3, -0.25) is 4.79 Å². The Labute approximate surface area is 322 Å². The molecule has 6 rings (SSSR count). The molecule has 1 saturated heterocycles. The Bertz CT molecular complexity index is 2080. The van der Waals surface area contributed by atoms with Crippen LogP contribution in [0.2, 0.25) is 0 Å². The molecule has 1 aliphatic heterocycles. The van der Waals surface area contributed by atoms with Crippen LogP contribution < -0.4 is 14.8 Å². The second kappa shape index (κ2) is 18.2. The quantitative estimate of drug-likeness (QED) is 0.0951. The number of methoxy groups -OCH3 is 1. The van der Waals surface area contributed by atoms with Crippen molar-refractivity contribution < 1.29 is 32.5 Å². The number of aliphatic hydroxyl groups is 1. The zero-order valence-corrected chi connectivity index (χ0v) is 32.2. The van der Waals surface area contributed by atoms with Crippen LogP contribution in [0.15, 0.2) is 137 Å². The fourth-order valence-electron chi connectivity index (χ4n) is 6.34. The molecule has 1 heterocycles. The largest absolute Gasteiger partial charge is 0.496 e. The summed E-state index contributed by atoms with van der Waals surface area (Å²) in [5.41, 5.74) is 5.26. The first-order valence-electron chi connectivity index (χ1n) is 17.9. The third-order valence-electron chi connectivity index (χ3n) is 9.54. The molecule has 5 atom stereocenters. The Morgan fingerprint density at radius 2 is 1.46 bits per heavy atom. The lowest BCUT2D eigenvalue weighted by Gasteiger charge is -2.41. The number of carbonyl (C=O) groups is 1. The van der Waals surface area contributed by atoms with Crippen LogP contribution in [0.25, 0.3) is 0 Å². The summed E-state index contributed by atoms with van der Waals surface area (Å²) in [5, 5.41) is 12.5. The summed E-state index contributed by atoms with van der Waals surface area (Å²) in [5.74, 6) is 1.07. The van der Waals surface area contributed by atoms with Gasteiger partial charge in [0.25, 0.3) is 0 Å². The number of aryl methyl sites for hydroxylation is 1. The van der Waals surface area contributed by atoms with E-state index >= 15 is 0 Å². The van der Waals surface area contributed by atoms with Crippen molar-refractivity contribution in [2.24, 2.45) is 5.92 Å². The summed E-state index contributed by atoms with van der Waals surface area (Å²) in [6, 6.07) is 38.2. The molecule has 1 aliphatic rings. The number of para-hydroxylation sites is 1. The molecule has 11 heteroatoms. The van der Waals surface area contributed by atoms with E-state index in [4.69, 9.17) is 14.2 Å². The van der Waals surface area contributed by atoms with Crippen LogP contribution in [-0.2, 0) is 43.9 Å². The zero-order valence-electron chi connectivity index (χ0n) is 30.6. The van der Waals surface area contributed by atoms with E-state index < -0.39 is 28.3 Å². The van der Waals surface area contributed by atoms with Crippen molar-refractivity contribution in [1.82, 2.24) is 10.0 Å². The number of rotatable bonds is 15. The van der Waals surface area contributed by atoms with Crippen LogP contribution in [0.4, 0.5) is 0 Å². The molecule has 5 aromatic rings. The van der Waals surface area contributed by atoms with Crippen molar-refractivity contribution in [2.45, 2.75) is 67.8 Å². The van der Waals surface area contributed by atoms with E-state index in [0.717, 1.165) is 44.0 Å². The van der Waals surface area contributed by atoms with Crippen LogP contribution in [0.1, 0.15) is 52.7 Å². The summed E-state index contributed by atoms with van der Waals surface area (Å²) in [6.45, 7) is 4.17. The van der Waals surface area contributed by atoms with Crippen LogP contribution in [0, 0.1) is 12.8 Å². The molecular formula is C43H46N2O7S2. The first-order valence-corrected chi connectivity index (χ1v) is 20.4. The van der Waals surface area contributed by atoms with E-state index in [-0.39, 0.29) is 42.6 Å². The molecule has 0 aliphatic carbocycles. The number of amides is 1. The Kier molecular flexibility index (Phi) is 13.2. The van der Waals surface area contributed by atoms with Crippen molar-refractivity contribution in [3.8, 4) is 5.75 Å². The molecule has 0 spiro atoms. The van der Waals surface area contributed by atoms with Crippen molar-refractivity contribution in [3.05, 3.63) is 161 Å². The second-order valence-corrected chi connectivity index (χ2v) is 16.2. The fourth-order valence-corrected chi connectivity index (χ4v) is 8.73. The fraction of sp³-hybridized carbons (Fsp3) is 0.279. The molecule has 282 valence electrons. The van der Waals surface area contributed by atoms with E-state index in [0.29, 0.717) is 5.75 Å². The molecular weight excluding hydrogens is 721 g/mol. The SMILES string of the molecule is COc1ccccc1SC[C@H]1O[C@@H](c2ccc(CNC(=O)[C@@H](Cc3ccccc3)NS(=O)(=O)c3ccc(C)cc3)cc2)O[C@@H](c2ccc(CO)cc2)[C@H]1C. The van der Waals surface area contributed by atoms with Gasteiger partial charge < -0.3 is 24.6 Å². The predicted molar refractivity (Wildman–Crippen MR) is 210 cm³/mol. The van der Waals surface area contributed by atoms with Gasteiger partial charge in [-0.1, -0.05) is 116 Å². The topological polar surface area (TPSA) is 123 Å². The lowest BCUT2D eigenvalue weighted by molar-refractivity contribution is -0.268. The highest BCUT2D eigenvalue weighted by molar-refractivity contribution is 7.99. The minimum atomic E-state index is -3.96. The molecule has 0 bridgehead atoms. The summed E-state index contributed by atoms with van der Waals surface area (Å²) in [6.07, 6.45) is -0.886. The van der Waals surface area contributed by atoms with Crippen LogP contribution in [-0.4, -0.2) is 44.4 Å². The maximum atomic E-state index is 13.6. The molecule has 0 unspecified atom stereocenters. The third-order valence-corrected chi connectivity index (χ3v) is 12.2. The lowest BCUT2D eigenvalue weighted by atomic mass is 9.91. The van der Waals surface area contributed by atoms with E-state index in [9.17, 15) is 18.3 Å². The molecule has 0 aromatic heterocycles. The molecule has 0 radical (unpaired) electrons. The van der Waals surface area contributed by atoms with Gasteiger partial charge in [-0.05, 0) is 59.9 Å². The number of aliphatic hydroxyl groups excluding tert-OH is 1. The van der Waals surface area contributed by atoms with Gasteiger partial charge in [0.15, 0.2) is 6.29 Å². The minimum absolute atomic E-state index is 0.0187. The van der Waals surface area contributed by atoms with Crippen LogP contribution in [0.5, 0.6) is 5.75 Å². The van der Waals surface area contributed by atoms with E-state index in [1.807, 2.05) is 110 Å². The van der Waals surface area contributed by atoms with E-state index in [1.54, 1.807) is 31.0 Å². The summed E-state index contributed by atoms with van der Waals surface area (Å²) < 4.78 is 48.1. The molecule has 5 aromatic carbocycles. The number of ether oxygens (including phenoxy) is 3. The van der Waals surface area contributed by atoms with Crippen LogP contribution >= 0.6 is 11.8 Å². The maximum Gasteiger partial charge on any atom is 0.241 e. The maximum absolute atomic E-state index is 13.6. The predicted octanol–water partition coefficient (Wildman–Crippen LogP) is 7.29. The Morgan fingerprint density at radius 1 is 0.815 bits per heavy atom. The van der Waals surface area contributed by atoms with Gasteiger partial charge in [0.2, 0.25) is 15.9 Å². The molecule has 3 N–H and O–H groups in total. The number of hydrogen-bond donors (Lipinski definition) is 3. The summed E-state index contributed by atoms with van der Waals surface area (Å²) in [4.78, 5) is 14.7. The van der Waals surface area contributed by atoms with Gasteiger partial charge in [-0.15, -0.1) is 11.8 Å². The normalized spacial score (nSPS) is 19.2. The Hall–Kier alpha value is -4.49. The number of thioether (sulfide) groups is 1. The second-order valence-electron chi connectivity index (χ2n) is 13.4. The number of nitrogens with one attached hydrogen (secondary N) is 2. The molecule has 9 nitrogen and oxygen atoms in total. The van der Waals surface area contributed by atoms with Crippen molar-refractivity contribution >= 4 is 27.7 Å². The van der Waals surface area contributed by atoms with Gasteiger partial charge in [0.1, 0.15) is 11.8 Å². The van der Waals surface area contributed by atoms with Crippen molar-refractivity contribution in [2.75, 3.05) is 12.9 Å². The van der Waals surface area contributed by atoms with Crippen molar-refractivity contribution in [1.29, 1.82) is 0 Å². The van der Waals surface area contributed by atoms with Gasteiger partial charge in [0.05, 0.1) is 30.8 Å². The average molecular weight is 767 g/mol. The minimum Gasteiger partial charge on any atom is -0.496 e. The molecule has 0 saturated carbocycles. The number of hydrogen-bond acceptors (Lipinski definition) is 8. The molecule has 1 fully saturated rings. The number of sulfonamides is 1. The number of benzene rings is 5. The van der Waals surface area contributed by atoms with Gasteiger partial charge in [-0.2, -0.15) is 4.72 Å². The monoisotopic (exact) mass is 766 g/mol. The van der Waals surface area contributed by atoms with E-state index in [2.05, 4.69) is 17.0 Å². The van der Waals surface area contributed by atoms with Crippen molar-refractivity contribution in [3.63, 3.8) is 0 Å². The summed E-state index contributed by atoms with van der Waals surface area (Å²) in [7, 11) is -2.29. The highest BCUT2D eigenvalue weighted by Crippen LogP contribution is 2.43. The Morgan fingerprint density at radius 3 is 2.15 bits per heavy atom. The smallest absolute Gasteiger partial charge is 0.241 e. The standard InChI is InChI=1S/C43H46N2O7S2/c1-29-13-23-36(24-14-29)54(48,49)45-37(25-31-9-5-4-6-10-31)42(47)44-26-32-15-21-35(22-16-32)43-51-39(28-53-40-12-8-7-11-38(40)50-3)30(2)41(52-43)34-19-17-33(27-46)18-20-34/h4-24,30,37,39,41,43,45-46H,25-28H2,1-3H3,(H,44,47)/t30-,37+,39+,41+,43+/m0/s1. The molecule has 54 heavy (non-hydrogen) atoms. The van der Waals surface area contributed by atoms with Gasteiger partial charge >= 0.3 is 0 Å². The van der Waals surface area contributed by atoms with Crippen LogP contribution in [0.3, 0.4) is 0 Å². The zero-order chi connectivity index (χ0) is 38.1. The lowest BCUT2D eigenvalue weighted by Crippen LogP contribution is -2.47. The average Bonchev–Trinajstić information content (AvgIpc) is 3.20. The summed E-state index contributed by atoms with van der Waals surface area (Å²) >= 11 is 1.68. The molecule has 1 amide bonds.